The molecule has 0 radical (unpaired) electrons. The number of rotatable bonds is 9. The first kappa shape index (κ1) is 21.6. The number of benzene rings is 1. The summed E-state index contributed by atoms with van der Waals surface area (Å²) >= 11 is 0. The van der Waals surface area contributed by atoms with Crippen LogP contribution in [-0.4, -0.2) is 13.2 Å². The lowest BCUT2D eigenvalue weighted by Gasteiger charge is -2.29. The van der Waals surface area contributed by atoms with Crippen LogP contribution in [0.4, 0.5) is 0 Å². The fourth-order valence-corrected chi connectivity index (χ4v) is 4.77. The lowest BCUT2D eigenvalue weighted by Crippen LogP contribution is -2.26. The molecule has 0 unspecified atom stereocenters. The van der Waals surface area contributed by atoms with Crippen molar-refractivity contribution in [2.45, 2.75) is 84.3 Å². The van der Waals surface area contributed by atoms with Gasteiger partial charge < -0.3 is 9.47 Å². The Morgan fingerprint density at radius 2 is 1.50 bits per heavy atom. The molecule has 2 fully saturated rings. The van der Waals surface area contributed by atoms with Gasteiger partial charge in [0.25, 0.3) is 0 Å². The molecule has 3 rings (SSSR count). The summed E-state index contributed by atoms with van der Waals surface area (Å²) in [5.41, 5.74) is 2.55. The molecule has 2 heteroatoms. The molecule has 28 heavy (non-hydrogen) atoms. The first-order chi connectivity index (χ1) is 13.8. The number of allylic oxidation sites excluding steroid dienone is 2. The van der Waals surface area contributed by atoms with Gasteiger partial charge in [0.1, 0.15) is 0 Å². The van der Waals surface area contributed by atoms with Gasteiger partial charge in [-0.3, -0.25) is 0 Å². The van der Waals surface area contributed by atoms with Gasteiger partial charge in [0.15, 0.2) is 6.29 Å². The van der Waals surface area contributed by atoms with Crippen molar-refractivity contribution in [2.24, 2.45) is 17.8 Å². The Balaban J connectivity index is 1.36. The molecule has 1 aromatic carbocycles. The fourth-order valence-electron chi connectivity index (χ4n) is 4.77. The molecule has 0 spiro atoms. The Bertz CT molecular complexity index is 561. The van der Waals surface area contributed by atoms with E-state index in [-0.39, 0.29) is 6.29 Å². The molecule has 0 amide bonds. The van der Waals surface area contributed by atoms with Gasteiger partial charge in [0.2, 0.25) is 0 Å². The van der Waals surface area contributed by atoms with Crippen molar-refractivity contribution >= 4 is 0 Å². The van der Waals surface area contributed by atoms with E-state index in [1.807, 2.05) is 0 Å². The first-order valence-corrected chi connectivity index (χ1v) is 11.8. The Labute approximate surface area is 172 Å². The van der Waals surface area contributed by atoms with Crippen molar-refractivity contribution in [1.82, 2.24) is 0 Å². The minimum Gasteiger partial charge on any atom is -0.348 e. The van der Waals surface area contributed by atoms with Crippen LogP contribution < -0.4 is 0 Å². The van der Waals surface area contributed by atoms with Crippen LogP contribution in [0.5, 0.6) is 0 Å². The van der Waals surface area contributed by atoms with Gasteiger partial charge in [-0.05, 0) is 62.3 Å². The molecular formula is C26H40O2. The number of aryl methyl sites for hydroxylation is 1. The SMILES string of the molecule is CCC[C@H]1CC[C@H](C=CCCc2ccc([C@H]3OC[C@H](CCC)CO3)cc2)CC1. The molecule has 0 aromatic heterocycles. The maximum Gasteiger partial charge on any atom is 0.183 e. The molecule has 1 saturated heterocycles. The molecule has 0 N–H and O–H groups in total. The molecule has 1 aliphatic heterocycles. The molecule has 0 atom stereocenters. The summed E-state index contributed by atoms with van der Waals surface area (Å²) in [5.74, 6) is 2.39. The highest BCUT2D eigenvalue weighted by Gasteiger charge is 2.23. The predicted octanol–water partition coefficient (Wildman–Crippen LogP) is 7.24. The third-order valence-electron chi connectivity index (χ3n) is 6.51. The summed E-state index contributed by atoms with van der Waals surface area (Å²) in [6.45, 7) is 6.19. The van der Waals surface area contributed by atoms with Crippen molar-refractivity contribution in [3.05, 3.63) is 47.5 Å². The van der Waals surface area contributed by atoms with E-state index in [2.05, 4.69) is 50.3 Å². The van der Waals surface area contributed by atoms with Gasteiger partial charge in [-0.15, -0.1) is 0 Å². The summed E-state index contributed by atoms with van der Waals surface area (Å²) in [4.78, 5) is 0. The predicted molar refractivity (Wildman–Crippen MR) is 117 cm³/mol. The standard InChI is InChI=1S/C26H40O2/c1-3-7-21-11-13-22(14-12-21)9-5-6-10-23-15-17-25(18-16-23)26-27-19-24(8-4-2)20-28-26/h5,9,15-18,21-22,24,26H,3-4,6-8,10-14,19-20H2,1-2H3/t21-,22-,24-,26-. The van der Waals surface area contributed by atoms with E-state index >= 15 is 0 Å². The van der Waals surface area contributed by atoms with Gasteiger partial charge in [0, 0.05) is 11.5 Å². The normalized spacial score (nSPS) is 28.6. The summed E-state index contributed by atoms with van der Waals surface area (Å²) in [6.07, 6.45) is 17.8. The monoisotopic (exact) mass is 384 g/mol. The van der Waals surface area contributed by atoms with Crippen LogP contribution in [0.25, 0.3) is 0 Å². The first-order valence-electron chi connectivity index (χ1n) is 11.8. The summed E-state index contributed by atoms with van der Waals surface area (Å²) in [5, 5.41) is 0. The van der Waals surface area contributed by atoms with Crippen LogP contribution in [0.15, 0.2) is 36.4 Å². The van der Waals surface area contributed by atoms with Crippen molar-refractivity contribution < 1.29 is 9.47 Å². The van der Waals surface area contributed by atoms with E-state index in [4.69, 9.17) is 9.47 Å². The third kappa shape index (κ3) is 6.74. The van der Waals surface area contributed by atoms with Crippen LogP contribution in [0.1, 0.15) is 89.1 Å². The topological polar surface area (TPSA) is 18.5 Å². The van der Waals surface area contributed by atoms with Gasteiger partial charge in [0.05, 0.1) is 13.2 Å². The van der Waals surface area contributed by atoms with Crippen LogP contribution in [-0.2, 0) is 15.9 Å². The molecule has 2 aliphatic rings. The Morgan fingerprint density at radius 3 is 2.14 bits per heavy atom. The van der Waals surface area contributed by atoms with E-state index in [1.165, 1.54) is 56.9 Å². The fraction of sp³-hybridized carbons (Fsp3) is 0.692. The minimum atomic E-state index is -0.176. The smallest absolute Gasteiger partial charge is 0.183 e. The maximum absolute atomic E-state index is 5.92. The highest BCUT2D eigenvalue weighted by molar-refractivity contribution is 5.24. The quantitative estimate of drug-likeness (QED) is 0.418. The molecule has 1 heterocycles. The second-order valence-electron chi connectivity index (χ2n) is 8.93. The van der Waals surface area contributed by atoms with Crippen LogP contribution in [0, 0.1) is 17.8 Å². The molecule has 1 saturated carbocycles. The maximum atomic E-state index is 5.92. The second kappa shape index (κ2) is 11.8. The van der Waals surface area contributed by atoms with Crippen LogP contribution >= 0.6 is 0 Å². The lowest BCUT2D eigenvalue weighted by molar-refractivity contribution is -0.206. The zero-order chi connectivity index (χ0) is 19.6. The zero-order valence-corrected chi connectivity index (χ0v) is 18.1. The average molecular weight is 385 g/mol. The van der Waals surface area contributed by atoms with E-state index in [0.717, 1.165) is 43.5 Å². The number of ether oxygens (including phenoxy) is 2. The van der Waals surface area contributed by atoms with Gasteiger partial charge in [-0.25, -0.2) is 0 Å². The number of hydrogen-bond donors (Lipinski definition) is 0. The highest BCUT2D eigenvalue weighted by Crippen LogP contribution is 2.32. The van der Waals surface area contributed by atoms with Gasteiger partial charge in [-0.1, -0.05) is 69.5 Å². The van der Waals surface area contributed by atoms with Crippen molar-refractivity contribution in [3.63, 3.8) is 0 Å². The van der Waals surface area contributed by atoms with Crippen molar-refractivity contribution in [1.29, 1.82) is 0 Å². The van der Waals surface area contributed by atoms with Gasteiger partial charge in [-0.2, -0.15) is 0 Å². The highest BCUT2D eigenvalue weighted by atomic mass is 16.7. The van der Waals surface area contributed by atoms with Crippen molar-refractivity contribution in [2.75, 3.05) is 13.2 Å². The van der Waals surface area contributed by atoms with E-state index in [9.17, 15) is 0 Å². The van der Waals surface area contributed by atoms with E-state index in [1.54, 1.807) is 0 Å². The zero-order valence-electron chi connectivity index (χ0n) is 18.1. The lowest BCUT2D eigenvalue weighted by atomic mass is 9.80. The molecule has 2 nitrogen and oxygen atoms in total. The van der Waals surface area contributed by atoms with Gasteiger partial charge >= 0.3 is 0 Å². The van der Waals surface area contributed by atoms with Crippen LogP contribution in [0.2, 0.25) is 0 Å². The molecule has 1 aromatic rings. The largest absolute Gasteiger partial charge is 0.348 e. The molecule has 1 aliphatic carbocycles. The second-order valence-corrected chi connectivity index (χ2v) is 8.93. The average Bonchev–Trinajstić information content (AvgIpc) is 2.74. The summed E-state index contributed by atoms with van der Waals surface area (Å²) in [7, 11) is 0. The Morgan fingerprint density at radius 1 is 0.857 bits per heavy atom. The Kier molecular flexibility index (Phi) is 9.08. The van der Waals surface area contributed by atoms with Crippen LogP contribution in [0.3, 0.4) is 0 Å². The van der Waals surface area contributed by atoms with E-state index < -0.39 is 0 Å². The Hall–Kier alpha value is -1.12. The van der Waals surface area contributed by atoms with Crippen molar-refractivity contribution in [3.8, 4) is 0 Å². The molecular weight excluding hydrogens is 344 g/mol. The van der Waals surface area contributed by atoms with E-state index in [0.29, 0.717) is 5.92 Å². The summed E-state index contributed by atoms with van der Waals surface area (Å²) in [6, 6.07) is 8.84. The minimum absolute atomic E-state index is 0.176. The number of hydrogen-bond acceptors (Lipinski definition) is 2. The summed E-state index contributed by atoms with van der Waals surface area (Å²) < 4.78 is 11.8. The third-order valence-corrected chi connectivity index (χ3v) is 6.51. The molecule has 156 valence electrons. The molecule has 0 bridgehead atoms.